The topological polar surface area (TPSA) is 114 Å². The van der Waals surface area contributed by atoms with Crippen LogP contribution in [-0.2, 0) is 19.4 Å². The summed E-state index contributed by atoms with van der Waals surface area (Å²) in [6.07, 6.45) is 1.12. The maximum Gasteiger partial charge on any atom is 0.243 e. The summed E-state index contributed by atoms with van der Waals surface area (Å²) in [6, 6.07) is 10.1. The third-order valence-electron chi connectivity index (χ3n) is 4.15. The third kappa shape index (κ3) is 6.49. The second-order valence-corrected chi connectivity index (χ2v) is 8.65. The van der Waals surface area contributed by atoms with Crippen molar-refractivity contribution in [3.05, 3.63) is 47.5 Å². The third-order valence-corrected chi connectivity index (χ3v) is 5.26. The van der Waals surface area contributed by atoms with Crippen molar-refractivity contribution in [1.82, 2.24) is 5.32 Å². The predicted octanol–water partition coefficient (Wildman–Crippen LogP) is 1.88. The number of carbonyl (C=O) groups excluding carboxylic acids is 2. The van der Waals surface area contributed by atoms with Gasteiger partial charge in [0.05, 0.1) is 30.8 Å². The van der Waals surface area contributed by atoms with E-state index in [0.717, 1.165) is 17.4 Å². The minimum absolute atomic E-state index is 0.102. The fraction of sp³-hybridized carbons (Fsp3) is 0.300. The highest BCUT2D eigenvalue weighted by Gasteiger charge is 2.12. The Labute approximate surface area is 170 Å². The average molecular weight is 420 g/mol. The van der Waals surface area contributed by atoms with Gasteiger partial charge in [0.1, 0.15) is 5.75 Å². The Morgan fingerprint density at radius 1 is 0.966 bits per heavy atom. The molecule has 0 saturated heterocycles. The highest BCUT2D eigenvalue weighted by atomic mass is 32.2. The monoisotopic (exact) mass is 419 g/mol. The summed E-state index contributed by atoms with van der Waals surface area (Å²) in [5.41, 5.74) is 2.82. The molecular formula is C20H25N3O5S. The Bertz CT molecular complexity index is 1020. The van der Waals surface area contributed by atoms with Gasteiger partial charge >= 0.3 is 0 Å². The fourth-order valence-corrected chi connectivity index (χ4v) is 3.20. The molecule has 2 aromatic rings. The number of amides is 2. The molecule has 0 saturated carbocycles. The van der Waals surface area contributed by atoms with Gasteiger partial charge in [0.15, 0.2) is 9.84 Å². The maximum absolute atomic E-state index is 12.1. The molecule has 0 aromatic heterocycles. The van der Waals surface area contributed by atoms with Crippen molar-refractivity contribution >= 4 is 33.0 Å². The van der Waals surface area contributed by atoms with E-state index in [-0.39, 0.29) is 18.0 Å². The van der Waals surface area contributed by atoms with Crippen molar-refractivity contribution in [3.63, 3.8) is 0 Å². The molecule has 0 heterocycles. The number of carbonyl (C=O) groups is 2. The van der Waals surface area contributed by atoms with Gasteiger partial charge in [0.2, 0.25) is 11.8 Å². The zero-order valence-electron chi connectivity index (χ0n) is 16.8. The molecule has 2 amide bonds. The second-order valence-electron chi connectivity index (χ2n) is 6.63. The zero-order valence-corrected chi connectivity index (χ0v) is 17.6. The zero-order chi connectivity index (χ0) is 21.6. The molecule has 9 heteroatoms. The summed E-state index contributed by atoms with van der Waals surface area (Å²) in [6.45, 7) is 3.38. The Balaban J connectivity index is 1.89. The fourth-order valence-electron chi connectivity index (χ4n) is 2.55. The van der Waals surface area contributed by atoms with Gasteiger partial charge in [-0.1, -0.05) is 12.1 Å². The van der Waals surface area contributed by atoms with Crippen LogP contribution in [0.15, 0.2) is 41.3 Å². The smallest absolute Gasteiger partial charge is 0.243 e. The minimum atomic E-state index is -3.34. The molecule has 2 aromatic carbocycles. The van der Waals surface area contributed by atoms with Crippen molar-refractivity contribution in [2.75, 3.05) is 37.1 Å². The lowest BCUT2D eigenvalue weighted by Gasteiger charge is -2.13. The van der Waals surface area contributed by atoms with E-state index in [2.05, 4.69) is 16.0 Å². The molecule has 2 rings (SSSR count). The van der Waals surface area contributed by atoms with Crippen LogP contribution in [0.1, 0.15) is 11.1 Å². The summed E-state index contributed by atoms with van der Waals surface area (Å²) in [5.74, 6) is -0.267. The van der Waals surface area contributed by atoms with E-state index in [0.29, 0.717) is 17.1 Å². The molecule has 0 radical (unpaired) electrons. The largest absolute Gasteiger partial charge is 0.495 e. The van der Waals surface area contributed by atoms with E-state index < -0.39 is 21.7 Å². The molecule has 0 aliphatic heterocycles. The van der Waals surface area contributed by atoms with Crippen LogP contribution in [-0.4, -0.2) is 46.7 Å². The SMILES string of the molecule is COc1ccc(C)cc1NC(=O)CNC(=O)CNc1cc(S(C)(=O)=O)ccc1C. The molecule has 0 atom stereocenters. The molecule has 0 unspecified atom stereocenters. The van der Waals surface area contributed by atoms with Crippen molar-refractivity contribution in [3.8, 4) is 5.75 Å². The van der Waals surface area contributed by atoms with Crippen LogP contribution in [0.2, 0.25) is 0 Å². The lowest BCUT2D eigenvalue weighted by atomic mass is 10.2. The number of rotatable bonds is 8. The number of methoxy groups -OCH3 is 1. The van der Waals surface area contributed by atoms with Gasteiger partial charge in [-0.25, -0.2) is 8.42 Å². The van der Waals surface area contributed by atoms with Crippen LogP contribution in [0, 0.1) is 13.8 Å². The molecule has 0 fully saturated rings. The molecule has 0 aliphatic rings. The van der Waals surface area contributed by atoms with Gasteiger partial charge in [0, 0.05) is 11.9 Å². The number of anilines is 2. The van der Waals surface area contributed by atoms with Gasteiger partial charge < -0.3 is 20.7 Å². The van der Waals surface area contributed by atoms with E-state index in [1.54, 1.807) is 25.1 Å². The van der Waals surface area contributed by atoms with E-state index in [4.69, 9.17) is 4.74 Å². The lowest BCUT2D eigenvalue weighted by molar-refractivity contribution is -0.122. The molecule has 156 valence electrons. The molecular weight excluding hydrogens is 394 g/mol. The van der Waals surface area contributed by atoms with Crippen molar-refractivity contribution in [2.45, 2.75) is 18.7 Å². The standard InChI is InChI=1S/C20H25N3O5S/c1-13-5-8-18(28-3)17(9-13)23-20(25)12-22-19(24)11-21-16-10-15(29(4,26)27)7-6-14(16)2/h5-10,21H,11-12H2,1-4H3,(H,22,24)(H,23,25). The summed E-state index contributed by atoms with van der Waals surface area (Å²) < 4.78 is 28.5. The molecule has 3 N–H and O–H groups in total. The molecule has 8 nitrogen and oxygen atoms in total. The van der Waals surface area contributed by atoms with Gasteiger partial charge in [0.25, 0.3) is 0 Å². The summed E-state index contributed by atoms with van der Waals surface area (Å²) in [4.78, 5) is 24.3. The number of hydrogen-bond donors (Lipinski definition) is 3. The van der Waals surface area contributed by atoms with Crippen LogP contribution < -0.4 is 20.7 Å². The number of ether oxygens (including phenoxy) is 1. The molecule has 0 aliphatic carbocycles. The highest BCUT2D eigenvalue weighted by Crippen LogP contribution is 2.25. The minimum Gasteiger partial charge on any atom is -0.495 e. The van der Waals surface area contributed by atoms with Crippen LogP contribution in [0.3, 0.4) is 0 Å². The van der Waals surface area contributed by atoms with Gasteiger partial charge in [-0.2, -0.15) is 0 Å². The number of nitrogens with one attached hydrogen (secondary N) is 3. The number of aryl methyl sites for hydroxylation is 2. The lowest BCUT2D eigenvalue weighted by Crippen LogP contribution is -2.36. The summed E-state index contributed by atoms with van der Waals surface area (Å²) in [5, 5.41) is 8.11. The average Bonchev–Trinajstić information content (AvgIpc) is 2.65. The predicted molar refractivity (Wildman–Crippen MR) is 112 cm³/mol. The first-order valence-electron chi connectivity index (χ1n) is 8.86. The quantitative estimate of drug-likeness (QED) is 0.602. The number of sulfone groups is 1. The van der Waals surface area contributed by atoms with E-state index >= 15 is 0 Å². The second kappa shape index (κ2) is 9.42. The van der Waals surface area contributed by atoms with Crippen molar-refractivity contribution < 1.29 is 22.7 Å². The first-order valence-corrected chi connectivity index (χ1v) is 10.7. The van der Waals surface area contributed by atoms with Gasteiger partial charge in [-0.3, -0.25) is 9.59 Å². The highest BCUT2D eigenvalue weighted by molar-refractivity contribution is 7.90. The first-order chi connectivity index (χ1) is 13.6. The Hall–Kier alpha value is -3.07. The van der Waals surface area contributed by atoms with E-state index in [1.807, 2.05) is 13.0 Å². The Morgan fingerprint density at radius 2 is 1.69 bits per heavy atom. The first kappa shape index (κ1) is 22.2. The summed E-state index contributed by atoms with van der Waals surface area (Å²) in [7, 11) is -1.84. The van der Waals surface area contributed by atoms with Gasteiger partial charge in [-0.05, 0) is 49.2 Å². The Morgan fingerprint density at radius 3 is 2.34 bits per heavy atom. The van der Waals surface area contributed by atoms with Crippen molar-refractivity contribution in [2.24, 2.45) is 0 Å². The molecule has 0 spiro atoms. The van der Waals surface area contributed by atoms with E-state index in [9.17, 15) is 18.0 Å². The van der Waals surface area contributed by atoms with E-state index in [1.165, 1.54) is 19.2 Å². The normalized spacial score (nSPS) is 10.9. The van der Waals surface area contributed by atoms with Crippen molar-refractivity contribution in [1.29, 1.82) is 0 Å². The molecule has 0 bridgehead atoms. The van der Waals surface area contributed by atoms with Gasteiger partial charge in [-0.15, -0.1) is 0 Å². The number of hydrogen-bond acceptors (Lipinski definition) is 6. The Kier molecular flexibility index (Phi) is 7.22. The summed E-state index contributed by atoms with van der Waals surface area (Å²) >= 11 is 0. The van der Waals surface area contributed by atoms with Crippen LogP contribution in [0.4, 0.5) is 11.4 Å². The van der Waals surface area contributed by atoms with Crippen LogP contribution in [0.25, 0.3) is 0 Å². The maximum atomic E-state index is 12.1. The number of benzene rings is 2. The van der Waals surface area contributed by atoms with Crippen LogP contribution >= 0.6 is 0 Å². The van der Waals surface area contributed by atoms with Crippen LogP contribution in [0.5, 0.6) is 5.75 Å². The molecule has 29 heavy (non-hydrogen) atoms.